The minimum absolute atomic E-state index is 0.0606. The summed E-state index contributed by atoms with van der Waals surface area (Å²) in [6, 6.07) is 5.52. The molecule has 0 amide bonds. The largest absolute Gasteiger partial charge is 0.480 e. The number of nitrogens with zero attached hydrogens (tertiary/aromatic N) is 1. The monoisotopic (exact) mass is 353 g/mol. The topological polar surface area (TPSA) is 59.3 Å². The summed E-state index contributed by atoms with van der Waals surface area (Å²) in [5, 5.41) is 9.88. The molecule has 0 atom stereocenters. The summed E-state index contributed by atoms with van der Waals surface area (Å²) in [4.78, 5) is 23.9. The molecule has 1 heterocycles. The van der Waals surface area contributed by atoms with Crippen molar-refractivity contribution >= 4 is 51.0 Å². The average Bonchev–Trinajstić information content (AvgIpc) is 2.48. The van der Waals surface area contributed by atoms with Crippen molar-refractivity contribution in [3.8, 4) is 0 Å². The van der Waals surface area contributed by atoms with Crippen LogP contribution in [0.1, 0.15) is 5.56 Å². The summed E-state index contributed by atoms with van der Waals surface area (Å²) in [5.41, 5.74) is 0.300. The van der Waals surface area contributed by atoms with Crippen LogP contribution in [0.5, 0.6) is 0 Å². The fraction of sp³-hybridized carbons (Fsp3) is 0.125. The molecule has 0 saturated heterocycles. The minimum atomic E-state index is -1.15. The average molecular weight is 354 g/mol. The van der Waals surface area contributed by atoms with Crippen LogP contribution in [0.15, 0.2) is 29.1 Å². The predicted octanol–water partition coefficient (Wildman–Crippen LogP) is 3.99. The SMILES string of the molecule is Cc1cc2c(=O)c3ccc(Cl)c(Cl)c3n(CC(=O)O)c2cc1F. The van der Waals surface area contributed by atoms with E-state index in [1.54, 1.807) is 0 Å². The molecule has 118 valence electrons. The Labute approximate surface area is 139 Å². The Morgan fingerprint density at radius 2 is 1.96 bits per heavy atom. The molecule has 0 bridgehead atoms. The molecule has 0 aliphatic heterocycles. The molecule has 0 unspecified atom stereocenters. The number of rotatable bonds is 2. The zero-order valence-corrected chi connectivity index (χ0v) is 13.4. The number of aromatic nitrogens is 1. The van der Waals surface area contributed by atoms with Gasteiger partial charge in [-0.25, -0.2) is 4.39 Å². The highest BCUT2D eigenvalue weighted by atomic mass is 35.5. The number of carbonyl (C=O) groups is 1. The van der Waals surface area contributed by atoms with E-state index in [0.717, 1.165) is 6.07 Å². The molecule has 0 saturated carbocycles. The second kappa shape index (κ2) is 5.51. The molecule has 23 heavy (non-hydrogen) atoms. The van der Waals surface area contributed by atoms with E-state index in [-0.39, 0.29) is 37.3 Å². The number of carboxylic acid groups (broad SMARTS) is 1. The van der Waals surface area contributed by atoms with Crippen molar-refractivity contribution in [3.05, 3.63) is 55.9 Å². The van der Waals surface area contributed by atoms with Gasteiger partial charge >= 0.3 is 5.97 Å². The van der Waals surface area contributed by atoms with Crippen LogP contribution < -0.4 is 5.43 Å². The summed E-state index contributed by atoms with van der Waals surface area (Å²) in [7, 11) is 0. The standard InChI is InChI=1S/C16H10Cl2FNO3/c1-7-4-9-12(5-11(7)19)20(6-13(21)22)15-8(16(9)23)2-3-10(17)14(15)18/h2-5H,6H2,1H3,(H,21,22). The van der Waals surface area contributed by atoms with Gasteiger partial charge in [-0.15, -0.1) is 0 Å². The molecular formula is C16H10Cl2FNO3. The fourth-order valence-electron chi connectivity index (χ4n) is 2.63. The van der Waals surface area contributed by atoms with Gasteiger partial charge in [0.05, 0.1) is 21.1 Å². The van der Waals surface area contributed by atoms with E-state index in [9.17, 15) is 19.1 Å². The van der Waals surface area contributed by atoms with Gasteiger partial charge in [-0.1, -0.05) is 23.2 Å². The maximum absolute atomic E-state index is 14.0. The van der Waals surface area contributed by atoms with Gasteiger partial charge in [-0.2, -0.15) is 0 Å². The quantitative estimate of drug-likeness (QED) is 0.708. The van der Waals surface area contributed by atoms with Gasteiger partial charge in [0.2, 0.25) is 0 Å². The van der Waals surface area contributed by atoms with E-state index in [1.807, 2.05) is 0 Å². The first-order valence-corrected chi connectivity index (χ1v) is 7.39. The Kier molecular flexibility index (Phi) is 3.78. The number of aliphatic carboxylic acids is 1. The van der Waals surface area contributed by atoms with E-state index >= 15 is 0 Å². The zero-order valence-electron chi connectivity index (χ0n) is 11.9. The molecule has 0 aliphatic carbocycles. The van der Waals surface area contributed by atoms with Gasteiger partial charge in [0.1, 0.15) is 12.4 Å². The Bertz CT molecular complexity index is 1040. The van der Waals surface area contributed by atoms with Gasteiger partial charge in [-0.3, -0.25) is 9.59 Å². The number of pyridine rings is 1. The number of halogens is 3. The first kappa shape index (κ1) is 15.8. The maximum Gasteiger partial charge on any atom is 0.323 e. The first-order valence-electron chi connectivity index (χ1n) is 6.63. The third kappa shape index (κ3) is 2.46. The molecule has 1 N–H and O–H groups in total. The smallest absolute Gasteiger partial charge is 0.323 e. The molecule has 2 aromatic carbocycles. The molecule has 4 nitrogen and oxygen atoms in total. The fourth-order valence-corrected chi connectivity index (χ4v) is 3.05. The van der Waals surface area contributed by atoms with Gasteiger partial charge in [0.25, 0.3) is 0 Å². The summed E-state index contributed by atoms with van der Waals surface area (Å²) in [5.74, 6) is -1.68. The van der Waals surface area contributed by atoms with Crippen LogP contribution in [-0.4, -0.2) is 15.6 Å². The Balaban J connectivity index is 2.65. The second-order valence-corrected chi connectivity index (χ2v) is 5.97. The lowest BCUT2D eigenvalue weighted by atomic mass is 10.1. The summed E-state index contributed by atoms with van der Waals surface area (Å²) >= 11 is 12.2. The molecule has 0 aliphatic rings. The van der Waals surface area contributed by atoms with Gasteiger partial charge in [0, 0.05) is 10.8 Å². The minimum Gasteiger partial charge on any atom is -0.480 e. The van der Waals surface area contributed by atoms with Crippen LogP contribution >= 0.6 is 23.2 Å². The molecule has 0 radical (unpaired) electrons. The zero-order chi connectivity index (χ0) is 16.9. The van der Waals surface area contributed by atoms with Crippen LogP contribution in [0.3, 0.4) is 0 Å². The summed E-state index contributed by atoms with van der Waals surface area (Å²) in [6.45, 7) is 1.06. The molecule has 1 aromatic heterocycles. The first-order chi connectivity index (χ1) is 10.8. The van der Waals surface area contributed by atoms with E-state index < -0.39 is 18.3 Å². The van der Waals surface area contributed by atoms with Crippen molar-refractivity contribution in [2.45, 2.75) is 13.5 Å². The Hall–Kier alpha value is -2.11. The summed E-state index contributed by atoms with van der Waals surface area (Å²) < 4.78 is 15.3. The number of hydrogen-bond acceptors (Lipinski definition) is 2. The highest BCUT2D eigenvalue weighted by molar-refractivity contribution is 6.45. The normalized spacial score (nSPS) is 11.3. The van der Waals surface area contributed by atoms with Crippen molar-refractivity contribution in [1.82, 2.24) is 4.57 Å². The Morgan fingerprint density at radius 3 is 2.61 bits per heavy atom. The van der Waals surface area contributed by atoms with Crippen LogP contribution in [0.2, 0.25) is 10.0 Å². The molecule has 3 rings (SSSR count). The number of benzene rings is 2. The van der Waals surface area contributed by atoms with E-state index in [2.05, 4.69) is 0 Å². The molecule has 3 aromatic rings. The highest BCUT2D eigenvalue weighted by Gasteiger charge is 2.18. The van der Waals surface area contributed by atoms with Crippen LogP contribution in [0.4, 0.5) is 4.39 Å². The van der Waals surface area contributed by atoms with Gasteiger partial charge < -0.3 is 9.67 Å². The molecular weight excluding hydrogens is 344 g/mol. The number of fused-ring (bicyclic) bond motifs is 2. The molecule has 7 heteroatoms. The number of hydrogen-bond donors (Lipinski definition) is 1. The van der Waals surface area contributed by atoms with Gasteiger partial charge in [0.15, 0.2) is 5.43 Å². The van der Waals surface area contributed by atoms with Crippen molar-refractivity contribution < 1.29 is 14.3 Å². The van der Waals surface area contributed by atoms with Crippen molar-refractivity contribution in [1.29, 1.82) is 0 Å². The summed E-state index contributed by atoms with van der Waals surface area (Å²) in [6.07, 6.45) is 0. The third-order valence-electron chi connectivity index (χ3n) is 3.69. The maximum atomic E-state index is 14.0. The van der Waals surface area contributed by atoms with E-state index in [4.69, 9.17) is 23.2 Å². The number of carboxylic acids is 1. The van der Waals surface area contributed by atoms with Crippen LogP contribution in [0.25, 0.3) is 21.8 Å². The third-order valence-corrected chi connectivity index (χ3v) is 4.48. The second-order valence-electron chi connectivity index (χ2n) is 5.19. The van der Waals surface area contributed by atoms with Gasteiger partial charge in [-0.05, 0) is 36.8 Å². The van der Waals surface area contributed by atoms with Crippen molar-refractivity contribution in [3.63, 3.8) is 0 Å². The number of aryl methyl sites for hydroxylation is 1. The lowest BCUT2D eigenvalue weighted by molar-refractivity contribution is -0.137. The van der Waals surface area contributed by atoms with E-state index in [0.29, 0.717) is 5.56 Å². The van der Waals surface area contributed by atoms with Crippen molar-refractivity contribution in [2.75, 3.05) is 0 Å². The van der Waals surface area contributed by atoms with Crippen LogP contribution in [-0.2, 0) is 11.3 Å². The van der Waals surface area contributed by atoms with Crippen LogP contribution in [0, 0.1) is 12.7 Å². The van der Waals surface area contributed by atoms with Crippen molar-refractivity contribution in [2.24, 2.45) is 0 Å². The predicted molar refractivity (Wildman–Crippen MR) is 88.1 cm³/mol. The Morgan fingerprint density at radius 1 is 1.26 bits per heavy atom. The molecule has 0 spiro atoms. The molecule has 0 fully saturated rings. The van der Waals surface area contributed by atoms with E-state index in [1.165, 1.54) is 29.7 Å². The highest BCUT2D eigenvalue weighted by Crippen LogP contribution is 2.32. The lowest BCUT2D eigenvalue weighted by Crippen LogP contribution is -2.16. The lowest BCUT2D eigenvalue weighted by Gasteiger charge is -2.15.